The van der Waals surface area contributed by atoms with Gasteiger partial charge in [0, 0.05) is 17.8 Å². The van der Waals surface area contributed by atoms with E-state index in [0.717, 1.165) is 28.6 Å². The molecule has 0 aliphatic rings. The van der Waals surface area contributed by atoms with E-state index in [0.29, 0.717) is 17.1 Å². The van der Waals surface area contributed by atoms with Crippen LogP contribution in [0, 0.1) is 0 Å². The first-order valence-corrected chi connectivity index (χ1v) is 8.70. The first-order chi connectivity index (χ1) is 12.2. The topological polar surface area (TPSA) is 79.4 Å². The van der Waals surface area contributed by atoms with Crippen LogP contribution in [0.2, 0.25) is 0 Å². The molecule has 6 nitrogen and oxygen atoms in total. The van der Waals surface area contributed by atoms with Crippen molar-refractivity contribution >= 4 is 22.1 Å². The third kappa shape index (κ3) is 2.63. The summed E-state index contributed by atoms with van der Waals surface area (Å²) in [5.74, 6) is 0. The quantitative estimate of drug-likeness (QED) is 0.578. The summed E-state index contributed by atoms with van der Waals surface area (Å²) in [6.45, 7) is 4.45. The Morgan fingerprint density at radius 1 is 1.24 bits per heavy atom. The molecule has 0 spiro atoms. The molecule has 3 aromatic heterocycles. The number of benzene rings is 1. The molecule has 0 aliphatic heterocycles. The molecule has 0 saturated carbocycles. The number of nitrogens with one attached hydrogen (secondary N) is 2. The van der Waals surface area contributed by atoms with Gasteiger partial charge in [-0.1, -0.05) is 25.8 Å². The average Bonchev–Trinajstić information content (AvgIpc) is 3.24. The van der Waals surface area contributed by atoms with E-state index in [-0.39, 0.29) is 5.56 Å². The lowest BCUT2D eigenvalue weighted by Gasteiger charge is -2.13. The number of rotatable bonds is 5. The number of aromatic amines is 2. The number of imidazole rings is 1. The molecule has 0 fully saturated rings. The smallest absolute Gasteiger partial charge is 0.275 e. The molecule has 3 heterocycles. The number of unbranched alkanes of at least 4 members (excludes halogenated alkanes) is 1. The Hall–Kier alpha value is -2.89. The molecular weight excluding hydrogens is 314 g/mol. The number of aromatic nitrogens is 5. The van der Waals surface area contributed by atoms with E-state index in [1.807, 2.05) is 12.5 Å². The molecule has 128 valence electrons. The molecule has 0 saturated heterocycles. The number of H-pyrrole nitrogens is 2. The van der Waals surface area contributed by atoms with Gasteiger partial charge in [0.25, 0.3) is 5.56 Å². The molecule has 4 rings (SSSR count). The summed E-state index contributed by atoms with van der Waals surface area (Å²) in [6.07, 6.45) is 8.76. The SMILES string of the molecule is CCCCC(C)n1cnc2cc(-c3c[nH]c4c(=O)[nH]cnc34)ccc21. The van der Waals surface area contributed by atoms with Crippen LogP contribution >= 0.6 is 0 Å². The van der Waals surface area contributed by atoms with Gasteiger partial charge in [0.15, 0.2) is 0 Å². The zero-order valence-corrected chi connectivity index (χ0v) is 14.4. The Bertz CT molecular complexity index is 1090. The molecule has 2 N–H and O–H groups in total. The summed E-state index contributed by atoms with van der Waals surface area (Å²) in [7, 11) is 0. The lowest BCUT2D eigenvalue weighted by Crippen LogP contribution is -2.05. The fourth-order valence-electron chi connectivity index (χ4n) is 3.36. The second-order valence-electron chi connectivity index (χ2n) is 6.50. The maximum atomic E-state index is 11.9. The minimum Gasteiger partial charge on any atom is -0.355 e. The molecule has 1 unspecified atom stereocenters. The van der Waals surface area contributed by atoms with Crippen molar-refractivity contribution < 1.29 is 0 Å². The second-order valence-corrected chi connectivity index (χ2v) is 6.50. The van der Waals surface area contributed by atoms with Gasteiger partial charge in [-0.3, -0.25) is 4.79 Å². The molecule has 0 aliphatic carbocycles. The second kappa shape index (κ2) is 6.20. The van der Waals surface area contributed by atoms with Crippen molar-refractivity contribution in [2.45, 2.75) is 39.2 Å². The third-order valence-corrected chi connectivity index (χ3v) is 4.81. The molecule has 0 bridgehead atoms. The van der Waals surface area contributed by atoms with E-state index >= 15 is 0 Å². The predicted molar refractivity (Wildman–Crippen MR) is 99.7 cm³/mol. The van der Waals surface area contributed by atoms with Crippen molar-refractivity contribution in [3.05, 3.63) is 47.4 Å². The van der Waals surface area contributed by atoms with Crippen molar-refractivity contribution in [1.82, 2.24) is 24.5 Å². The highest BCUT2D eigenvalue weighted by Crippen LogP contribution is 2.29. The Morgan fingerprint density at radius 2 is 2.12 bits per heavy atom. The minimum absolute atomic E-state index is 0.161. The van der Waals surface area contributed by atoms with Crippen LogP contribution in [-0.2, 0) is 0 Å². The maximum Gasteiger partial charge on any atom is 0.275 e. The predicted octanol–water partition coefficient (Wildman–Crippen LogP) is 4.02. The van der Waals surface area contributed by atoms with Crippen molar-refractivity contribution in [3.8, 4) is 11.1 Å². The van der Waals surface area contributed by atoms with Crippen LogP contribution in [0.5, 0.6) is 0 Å². The standard InChI is InChI=1S/C19H21N5O/c1-3-4-5-12(2)24-11-23-15-8-13(6-7-16(15)24)14-9-20-18-17(14)21-10-22-19(18)25/h6-12,20H,3-5H2,1-2H3,(H,21,22,25). The van der Waals surface area contributed by atoms with Crippen LogP contribution < -0.4 is 5.56 Å². The summed E-state index contributed by atoms with van der Waals surface area (Å²) in [5.41, 5.74) is 5.03. The van der Waals surface area contributed by atoms with E-state index in [9.17, 15) is 4.79 Å². The molecule has 0 amide bonds. The van der Waals surface area contributed by atoms with Gasteiger partial charge in [-0.2, -0.15) is 0 Å². The van der Waals surface area contributed by atoms with Crippen molar-refractivity contribution in [3.63, 3.8) is 0 Å². The highest BCUT2D eigenvalue weighted by Gasteiger charge is 2.13. The van der Waals surface area contributed by atoms with E-state index in [4.69, 9.17) is 0 Å². The van der Waals surface area contributed by atoms with E-state index in [1.54, 1.807) is 0 Å². The van der Waals surface area contributed by atoms with E-state index in [1.165, 1.54) is 19.2 Å². The van der Waals surface area contributed by atoms with Crippen LogP contribution in [-0.4, -0.2) is 24.5 Å². The van der Waals surface area contributed by atoms with Crippen molar-refractivity contribution in [1.29, 1.82) is 0 Å². The van der Waals surface area contributed by atoms with E-state index in [2.05, 4.69) is 56.5 Å². The van der Waals surface area contributed by atoms with Gasteiger partial charge in [0.1, 0.15) is 11.0 Å². The van der Waals surface area contributed by atoms with Gasteiger partial charge in [0.05, 0.1) is 23.7 Å². The highest BCUT2D eigenvalue weighted by atomic mass is 16.1. The maximum absolute atomic E-state index is 11.9. The minimum atomic E-state index is -0.161. The van der Waals surface area contributed by atoms with E-state index < -0.39 is 0 Å². The van der Waals surface area contributed by atoms with Crippen molar-refractivity contribution in [2.24, 2.45) is 0 Å². The molecule has 0 radical (unpaired) electrons. The lowest BCUT2D eigenvalue weighted by atomic mass is 10.1. The summed E-state index contributed by atoms with van der Waals surface area (Å²) in [6, 6.07) is 6.67. The molecule has 4 aromatic rings. The lowest BCUT2D eigenvalue weighted by molar-refractivity contribution is 0.496. The zero-order valence-electron chi connectivity index (χ0n) is 14.4. The van der Waals surface area contributed by atoms with Gasteiger partial charge in [-0.05, 0) is 31.0 Å². The summed E-state index contributed by atoms with van der Waals surface area (Å²) < 4.78 is 2.24. The van der Waals surface area contributed by atoms with Crippen LogP contribution in [0.4, 0.5) is 0 Å². The van der Waals surface area contributed by atoms with Crippen LogP contribution in [0.1, 0.15) is 39.2 Å². The first-order valence-electron chi connectivity index (χ1n) is 8.70. The summed E-state index contributed by atoms with van der Waals surface area (Å²) in [4.78, 5) is 26.4. The summed E-state index contributed by atoms with van der Waals surface area (Å²) in [5, 5.41) is 0. The Labute approximate surface area is 144 Å². The number of hydrogen-bond acceptors (Lipinski definition) is 3. The van der Waals surface area contributed by atoms with Gasteiger partial charge < -0.3 is 14.5 Å². The fourth-order valence-corrected chi connectivity index (χ4v) is 3.36. The van der Waals surface area contributed by atoms with Crippen LogP contribution in [0.3, 0.4) is 0 Å². The average molecular weight is 335 g/mol. The largest absolute Gasteiger partial charge is 0.355 e. The third-order valence-electron chi connectivity index (χ3n) is 4.81. The van der Waals surface area contributed by atoms with Gasteiger partial charge in [-0.25, -0.2) is 9.97 Å². The van der Waals surface area contributed by atoms with Gasteiger partial charge in [0.2, 0.25) is 0 Å². The molecule has 6 heteroatoms. The zero-order chi connectivity index (χ0) is 17.4. The number of nitrogens with zero attached hydrogens (tertiary/aromatic N) is 3. The molecular formula is C19H21N5O. The van der Waals surface area contributed by atoms with Gasteiger partial charge in [-0.15, -0.1) is 0 Å². The Morgan fingerprint density at radius 3 is 2.96 bits per heavy atom. The molecule has 25 heavy (non-hydrogen) atoms. The molecule has 1 aromatic carbocycles. The Balaban J connectivity index is 1.77. The monoisotopic (exact) mass is 335 g/mol. The molecule has 1 atom stereocenters. The van der Waals surface area contributed by atoms with Crippen LogP contribution in [0.25, 0.3) is 33.2 Å². The van der Waals surface area contributed by atoms with Gasteiger partial charge >= 0.3 is 0 Å². The normalized spacial score (nSPS) is 12.9. The Kier molecular flexibility index (Phi) is 3.87. The number of hydrogen-bond donors (Lipinski definition) is 2. The first kappa shape index (κ1) is 15.6. The summed E-state index contributed by atoms with van der Waals surface area (Å²) >= 11 is 0. The number of fused-ring (bicyclic) bond motifs is 2. The fraction of sp³-hybridized carbons (Fsp3) is 0.316. The van der Waals surface area contributed by atoms with Crippen molar-refractivity contribution in [2.75, 3.05) is 0 Å². The van der Waals surface area contributed by atoms with Crippen LogP contribution in [0.15, 0.2) is 41.8 Å². The highest BCUT2D eigenvalue weighted by molar-refractivity contribution is 5.94.